The van der Waals surface area contributed by atoms with Crippen LogP contribution in [0, 0.1) is 17.2 Å². The Morgan fingerprint density at radius 1 is 1.48 bits per heavy atom. The third kappa shape index (κ3) is 4.90. The van der Waals surface area contributed by atoms with Crippen molar-refractivity contribution in [3.05, 3.63) is 28.8 Å². The monoisotopic (exact) mass is 357 g/mol. The minimum atomic E-state index is -3.70. The predicted octanol–water partition coefficient (Wildman–Crippen LogP) is 1.19. The molecule has 0 aliphatic carbocycles. The van der Waals surface area contributed by atoms with Gasteiger partial charge in [-0.15, -0.1) is 0 Å². The lowest BCUT2D eigenvalue weighted by Gasteiger charge is -2.31. The van der Waals surface area contributed by atoms with Crippen molar-refractivity contribution >= 4 is 21.6 Å². The van der Waals surface area contributed by atoms with Crippen molar-refractivity contribution in [2.24, 2.45) is 5.92 Å². The van der Waals surface area contributed by atoms with E-state index in [-0.39, 0.29) is 29.0 Å². The fraction of sp³-hybridized carbons (Fsp3) is 0.533. The van der Waals surface area contributed by atoms with E-state index in [2.05, 4.69) is 9.62 Å². The molecule has 0 saturated carbocycles. The van der Waals surface area contributed by atoms with Gasteiger partial charge < -0.3 is 10.0 Å². The van der Waals surface area contributed by atoms with Crippen molar-refractivity contribution in [1.82, 2.24) is 9.62 Å². The van der Waals surface area contributed by atoms with Crippen LogP contribution in [0.1, 0.15) is 18.4 Å². The molecular formula is C15H20ClN3O3S. The maximum Gasteiger partial charge on any atom is 0.242 e. The molecule has 1 atom stereocenters. The predicted molar refractivity (Wildman–Crippen MR) is 87.6 cm³/mol. The van der Waals surface area contributed by atoms with Crippen molar-refractivity contribution in [2.45, 2.75) is 17.7 Å². The van der Waals surface area contributed by atoms with Crippen molar-refractivity contribution in [2.75, 3.05) is 32.8 Å². The molecule has 2 rings (SSSR count). The van der Waals surface area contributed by atoms with Crippen molar-refractivity contribution in [3.63, 3.8) is 0 Å². The van der Waals surface area contributed by atoms with Gasteiger partial charge in [-0.25, -0.2) is 13.1 Å². The standard InChI is InChI=1S/C15H20ClN3O3S/c16-14-8-12(9-17)3-4-15(14)23(21,22)18-5-7-19-6-1-2-13(10-19)11-20/h3-4,8,13,18,20H,1-2,5-7,10-11H2. The van der Waals surface area contributed by atoms with E-state index in [1.54, 1.807) is 0 Å². The third-order valence-corrected chi connectivity index (χ3v) is 5.88. The van der Waals surface area contributed by atoms with Crippen LogP contribution in [0.4, 0.5) is 0 Å². The van der Waals surface area contributed by atoms with Crippen LogP contribution in [0.5, 0.6) is 0 Å². The fourth-order valence-electron chi connectivity index (χ4n) is 2.71. The quantitative estimate of drug-likeness (QED) is 0.797. The fourth-order valence-corrected chi connectivity index (χ4v) is 4.27. The Balaban J connectivity index is 1.93. The molecule has 1 saturated heterocycles. The first-order valence-corrected chi connectivity index (χ1v) is 9.35. The van der Waals surface area contributed by atoms with E-state index in [0.29, 0.717) is 12.1 Å². The van der Waals surface area contributed by atoms with Crippen molar-refractivity contribution in [1.29, 1.82) is 5.26 Å². The van der Waals surface area contributed by atoms with E-state index in [0.717, 1.165) is 25.9 Å². The van der Waals surface area contributed by atoms with E-state index in [9.17, 15) is 13.5 Å². The van der Waals surface area contributed by atoms with Crippen LogP contribution < -0.4 is 4.72 Å². The lowest BCUT2D eigenvalue weighted by Crippen LogP contribution is -2.41. The number of halogens is 1. The van der Waals surface area contributed by atoms with Crippen LogP contribution in [0.15, 0.2) is 23.1 Å². The number of rotatable bonds is 6. The highest BCUT2D eigenvalue weighted by Gasteiger charge is 2.21. The molecule has 0 bridgehead atoms. The molecule has 23 heavy (non-hydrogen) atoms. The average molecular weight is 358 g/mol. The molecule has 1 fully saturated rings. The number of hydrogen-bond donors (Lipinski definition) is 2. The van der Waals surface area contributed by atoms with Gasteiger partial charge in [0.2, 0.25) is 10.0 Å². The molecule has 126 valence electrons. The average Bonchev–Trinajstić information content (AvgIpc) is 2.54. The van der Waals surface area contributed by atoms with Crippen LogP contribution in [0.25, 0.3) is 0 Å². The summed E-state index contributed by atoms with van der Waals surface area (Å²) in [6, 6.07) is 6.02. The van der Waals surface area contributed by atoms with Crippen molar-refractivity contribution < 1.29 is 13.5 Å². The first kappa shape index (κ1) is 18.2. The molecule has 1 aromatic rings. The zero-order valence-electron chi connectivity index (χ0n) is 12.7. The first-order chi connectivity index (χ1) is 11.0. The molecule has 2 N–H and O–H groups in total. The van der Waals surface area contributed by atoms with Gasteiger partial charge in [-0.3, -0.25) is 0 Å². The Morgan fingerprint density at radius 3 is 2.91 bits per heavy atom. The van der Waals surface area contributed by atoms with Gasteiger partial charge in [0.05, 0.1) is 16.7 Å². The summed E-state index contributed by atoms with van der Waals surface area (Å²) in [7, 11) is -3.70. The number of nitrogens with zero attached hydrogens (tertiary/aromatic N) is 2. The first-order valence-electron chi connectivity index (χ1n) is 7.49. The second-order valence-corrected chi connectivity index (χ2v) is 7.79. The molecule has 0 aromatic heterocycles. The van der Waals surface area contributed by atoms with E-state index < -0.39 is 10.0 Å². The molecule has 0 radical (unpaired) electrons. The Kier molecular flexibility index (Phi) is 6.39. The molecule has 1 aliphatic heterocycles. The molecule has 0 amide bonds. The maximum atomic E-state index is 12.3. The van der Waals surface area contributed by atoms with E-state index >= 15 is 0 Å². The lowest BCUT2D eigenvalue weighted by molar-refractivity contribution is 0.122. The Morgan fingerprint density at radius 2 is 2.26 bits per heavy atom. The minimum absolute atomic E-state index is 0.0231. The van der Waals surface area contributed by atoms with E-state index in [1.165, 1.54) is 18.2 Å². The number of piperidine rings is 1. The number of benzene rings is 1. The molecule has 6 nitrogen and oxygen atoms in total. The van der Waals surface area contributed by atoms with Gasteiger partial charge in [0.1, 0.15) is 4.90 Å². The van der Waals surface area contributed by atoms with Gasteiger partial charge in [0.15, 0.2) is 0 Å². The molecule has 1 unspecified atom stereocenters. The SMILES string of the molecule is N#Cc1ccc(S(=O)(=O)NCCN2CCCC(CO)C2)c(Cl)c1. The molecule has 1 aliphatic rings. The topological polar surface area (TPSA) is 93.4 Å². The number of nitriles is 1. The van der Waals surface area contributed by atoms with Crippen LogP contribution in [-0.2, 0) is 10.0 Å². The summed E-state index contributed by atoms with van der Waals surface area (Å²) in [5, 5.41) is 18.0. The number of hydrogen-bond acceptors (Lipinski definition) is 5. The highest BCUT2D eigenvalue weighted by atomic mass is 35.5. The van der Waals surface area contributed by atoms with Crippen LogP contribution in [0.3, 0.4) is 0 Å². The van der Waals surface area contributed by atoms with Gasteiger partial charge in [-0.2, -0.15) is 5.26 Å². The van der Waals surface area contributed by atoms with Crippen LogP contribution in [-0.4, -0.2) is 51.2 Å². The molecule has 1 heterocycles. The molecule has 8 heteroatoms. The number of aliphatic hydroxyl groups excluding tert-OH is 1. The summed E-state index contributed by atoms with van der Waals surface area (Å²) >= 11 is 5.95. The zero-order chi connectivity index (χ0) is 16.9. The summed E-state index contributed by atoms with van der Waals surface area (Å²) in [6.07, 6.45) is 2.03. The number of aliphatic hydroxyl groups is 1. The minimum Gasteiger partial charge on any atom is -0.396 e. The van der Waals surface area contributed by atoms with Gasteiger partial charge in [0.25, 0.3) is 0 Å². The Bertz CT molecular complexity index is 688. The Labute approximate surface area is 141 Å². The summed E-state index contributed by atoms with van der Waals surface area (Å²) in [6.45, 7) is 2.73. The zero-order valence-corrected chi connectivity index (χ0v) is 14.3. The van der Waals surface area contributed by atoms with Crippen LogP contribution >= 0.6 is 11.6 Å². The second-order valence-electron chi connectivity index (χ2n) is 5.65. The number of nitrogens with one attached hydrogen (secondary N) is 1. The summed E-state index contributed by atoms with van der Waals surface area (Å²) in [4.78, 5) is 2.12. The second kappa shape index (κ2) is 8.08. The maximum absolute atomic E-state index is 12.3. The van der Waals surface area contributed by atoms with Gasteiger partial charge >= 0.3 is 0 Å². The van der Waals surface area contributed by atoms with Gasteiger partial charge in [-0.05, 0) is 43.5 Å². The largest absolute Gasteiger partial charge is 0.396 e. The normalized spacial score (nSPS) is 19.4. The number of likely N-dealkylation sites (tertiary alicyclic amines) is 1. The summed E-state index contributed by atoms with van der Waals surface area (Å²) < 4.78 is 27.1. The molecule has 0 spiro atoms. The number of sulfonamides is 1. The van der Waals surface area contributed by atoms with Gasteiger partial charge in [-0.1, -0.05) is 11.6 Å². The summed E-state index contributed by atoms with van der Waals surface area (Å²) in [5.74, 6) is 0.272. The highest BCUT2D eigenvalue weighted by Crippen LogP contribution is 2.22. The van der Waals surface area contributed by atoms with Crippen molar-refractivity contribution in [3.8, 4) is 6.07 Å². The third-order valence-electron chi connectivity index (χ3n) is 3.93. The van der Waals surface area contributed by atoms with Crippen LogP contribution in [0.2, 0.25) is 5.02 Å². The molecule has 1 aromatic carbocycles. The smallest absolute Gasteiger partial charge is 0.242 e. The summed E-state index contributed by atoms with van der Waals surface area (Å²) in [5.41, 5.74) is 0.317. The van der Waals surface area contributed by atoms with Gasteiger partial charge in [0, 0.05) is 26.2 Å². The molecular weight excluding hydrogens is 338 g/mol. The van der Waals surface area contributed by atoms with E-state index in [4.69, 9.17) is 16.9 Å². The van der Waals surface area contributed by atoms with E-state index in [1.807, 2.05) is 6.07 Å². The highest BCUT2D eigenvalue weighted by molar-refractivity contribution is 7.89. The lowest BCUT2D eigenvalue weighted by atomic mass is 9.99. The Hall–Kier alpha value is -1.17.